The minimum atomic E-state index is -0.529. The average molecular weight is 244 g/mol. The van der Waals surface area contributed by atoms with Crippen LogP contribution in [0.3, 0.4) is 0 Å². The van der Waals surface area contributed by atoms with E-state index in [0.29, 0.717) is 17.1 Å². The summed E-state index contributed by atoms with van der Waals surface area (Å²) >= 11 is 0. The summed E-state index contributed by atoms with van der Waals surface area (Å²) in [5, 5.41) is 3.99. The normalized spacial score (nSPS) is 10.7. The van der Waals surface area contributed by atoms with Crippen molar-refractivity contribution in [1.29, 1.82) is 0 Å². The maximum atomic E-state index is 13.6. The SMILES string of the molecule is Nc1ccc(Oc2ncnn3cccc23)c(F)c1. The summed E-state index contributed by atoms with van der Waals surface area (Å²) in [5.41, 5.74) is 6.47. The van der Waals surface area contributed by atoms with Gasteiger partial charge in [-0.1, -0.05) is 0 Å². The first kappa shape index (κ1) is 10.5. The number of hydrogen-bond donors (Lipinski definition) is 1. The minimum absolute atomic E-state index is 0.0750. The molecule has 0 bridgehead atoms. The predicted molar refractivity (Wildman–Crippen MR) is 63.9 cm³/mol. The molecule has 0 unspecified atom stereocenters. The van der Waals surface area contributed by atoms with Crippen molar-refractivity contribution < 1.29 is 9.13 Å². The van der Waals surface area contributed by atoms with Gasteiger partial charge in [0.1, 0.15) is 11.8 Å². The van der Waals surface area contributed by atoms with Crippen molar-refractivity contribution in [3.05, 3.63) is 48.7 Å². The Morgan fingerprint density at radius 3 is 3.00 bits per heavy atom. The zero-order valence-electron chi connectivity index (χ0n) is 9.25. The molecule has 0 saturated heterocycles. The molecule has 0 aliphatic carbocycles. The molecule has 90 valence electrons. The van der Waals surface area contributed by atoms with E-state index in [0.717, 1.165) is 0 Å². The van der Waals surface area contributed by atoms with Gasteiger partial charge in [0.25, 0.3) is 0 Å². The first-order valence-electron chi connectivity index (χ1n) is 5.25. The third kappa shape index (κ3) is 1.73. The molecular weight excluding hydrogens is 235 g/mol. The standard InChI is InChI=1S/C12H9FN4O/c13-9-6-8(14)3-4-11(9)18-12-10-2-1-5-17(10)16-7-15-12/h1-7H,14H2. The number of aromatic nitrogens is 3. The van der Waals surface area contributed by atoms with E-state index in [1.165, 1.54) is 18.5 Å². The van der Waals surface area contributed by atoms with E-state index < -0.39 is 5.82 Å². The van der Waals surface area contributed by atoms with E-state index in [-0.39, 0.29) is 5.75 Å². The van der Waals surface area contributed by atoms with Crippen molar-refractivity contribution in [2.75, 3.05) is 5.73 Å². The molecule has 1 aromatic carbocycles. The Labute approximate surface area is 102 Å². The molecule has 0 spiro atoms. The van der Waals surface area contributed by atoms with Gasteiger partial charge in [-0.15, -0.1) is 0 Å². The molecule has 0 fully saturated rings. The number of fused-ring (bicyclic) bond motifs is 1. The van der Waals surface area contributed by atoms with Crippen LogP contribution in [-0.2, 0) is 0 Å². The van der Waals surface area contributed by atoms with Crippen LogP contribution in [0.15, 0.2) is 42.9 Å². The lowest BCUT2D eigenvalue weighted by Gasteiger charge is -2.07. The second kappa shape index (κ2) is 3.99. The van der Waals surface area contributed by atoms with Gasteiger partial charge in [-0.05, 0) is 24.3 Å². The molecule has 3 aromatic rings. The molecule has 0 atom stereocenters. The van der Waals surface area contributed by atoms with Crippen molar-refractivity contribution in [1.82, 2.24) is 14.6 Å². The second-order valence-corrected chi connectivity index (χ2v) is 3.70. The molecular formula is C12H9FN4O. The van der Waals surface area contributed by atoms with E-state index >= 15 is 0 Å². The predicted octanol–water partition coefficient (Wildman–Crippen LogP) is 2.24. The second-order valence-electron chi connectivity index (χ2n) is 3.70. The minimum Gasteiger partial charge on any atom is -0.434 e. The van der Waals surface area contributed by atoms with E-state index in [9.17, 15) is 4.39 Å². The van der Waals surface area contributed by atoms with Crippen LogP contribution in [0.2, 0.25) is 0 Å². The highest BCUT2D eigenvalue weighted by molar-refractivity contribution is 5.57. The Morgan fingerprint density at radius 2 is 2.17 bits per heavy atom. The third-order valence-corrected chi connectivity index (χ3v) is 2.46. The summed E-state index contributed by atoms with van der Waals surface area (Å²) in [6.07, 6.45) is 3.10. The van der Waals surface area contributed by atoms with Crippen LogP contribution in [0, 0.1) is 5.82 Å². The van der Waals surface area contributed by atoms with Crippen LogP contribution < -0.4 is 10.5 Å². The third-order valence-electron chi connectivity index (χ3n) is 2.46. The topological polar surface area (TPSA) is 65.4 Å². The number of nitrogens with two attached hydrogens (primary N) is 1. The highest BCUT2D eigenvalue weighted by Crippen LogP contribution is 2.26. The molecule has 0 aliphatic heterocycles. The lowest BCUT2D eigenvalue weighted by atomic mass is 10.3. The van der Waals surface area contributed by atoms with Crippen LogP contribution in [0.25, 0.3) is 5.52 Å². The largest absolute Gasteiger partial charge is 0.434 e. The molecule has 0 saturated carbocycles. The van der Waals surface area contributed by atoms with Crippen LogP contribution >= 0.6 is 0 Å². The molecule has 0 aliphatic rings. The number of anilines is 1. The fourth-order valence-corrected chi connectivity index (χ4v) is 1.63. The quantitative estimate of drug-likeness (QED) is 0.702. The maximum Gasteiger partial charge on any atom is 0.247 e. The number of halogens is 1. The number of hydrogen-bond acceptors (Lipinski definition) is 4. The molecule has 18 heavy (non-hydrogen) atoms. The number of ether oxygens (including phenoxy) is 1. The fraction of sp³-hybridized carbons (Fsp3) is 0. The van der Waals surface area contributed by atoms with E-state index in [4.69, 9.17) is 10.5 Å². The average Bonchev–Trinajstić information content (AvgIpc) is 2.82. The Bertz CT molecular complexity index is 710. The van der Waals surface area contributed by atoms with Crippen molar-refractivity contribution >= 4 is 11.2 Å². The maximum absolute atomic E-state index is 13.6. The molecule has 2 N–H and O–H groups in total. The monoisotopic (exact) mass is 244 g/mol. The highest BCUT2D eigenvalue weighted by atomic mass is 19.1. The summed E-state index contributed by atoms with van der Waals surface area (Å²) in [6, 6.07) is 7.81. The van der Waals surface area contributed by atoms with Gasteiger partial charge in [0.2, 0.25) is 5.88 Å². The molecule has 2 aromatic heterocycles. The number of nitrogen functional groups attached to an aromatic ring is 1. The molecule has 2 heterocycles. The lowest BCUT2D eigenvalue weighted by molar-refractivity contribution is 0.428. The van der Waals surface area contributed by atoms with Gasteiger partial charge < -0.3 is 10.5 Å². The molecule has 6 heteroatoms. The van der Waals surface area contributed by atoms with Crippen LogP contribution in [0.5, 0.6) is 11.6 Å². The van der Waals surface area contributed by atoms with E-state index in [1.54, 1.807) is 28.9 Å². The Kier molecular flexibility index (Phi) is 2.33. The molecule has 5 nitrogen and oxygen atoms in total. The van der Waals surface area contributed by atoms with Crippen molar-refractivity contribution in [3.8, 4) is 11.6 Å². The first-order chi connectivity index (χ1) is 8.74. The van der Waals surface area contributed by atoms with E-state index in [2.05, 4.69) is 10.1 Å². The first-order valence-corrected chi connectivity index (χ1v) is 5.25. The number of rotatable bonds is 2. The van der Waals surface area contributed by atoms with Crippen LogP contribution in [0.1, 0.15) is 0 Å². The Hall–Kier alpha value is -2.63. The van der Waals surface area contributed by atoms with Gasteiger partial charge in [0, 0.05) is 18.0 Å². The van der Waals surface area contributed by atoms with Gasteiger partial charge in [-0.3, -0.25) is 0 Å². The van der Waals surface area contributed by atoms with Gasteiger partial charge in [-0.25, -0.2) is 8.91 Å². The van der Waals surface area contributed by atoms with E-state index in [1.807, 2.05) is 0 Å². The summed E-state index contributed by atoms with van der Waals surface area (Å²) < 4.78 is 20.6. The zero-order valence-corrected chi connectivity index (χ0v) is 9.25. The van der Waals surface area contributed by atoms with Gasteiger partial charge >= 0.3 is 0 Å². The molecule has 0 radical (unpaired) electrons. The molecule has 3 rings (SSSR count). The Morgan fingerprint density at radius 1 is 1.28 bits per heavy atom. The number of benzene rings is 1. The summed E-state index contributed by atoms with van der Waals surface area (Å²) in [4.78, 5) is 3.99. The summed E-state index contributed by atoms with van der Waals surface area (Å²) in [6.45, 7) is 0. The molecule has 0 amide bonds. The van der Waals surface area contributed by atoms with Gasteiger partial charge in [0.05, 0.1) is 0 Å². The summed E-state index contributed by atoms with van der Waals surface area (Å²) in [5.74, 6) is -0.164. The van der Waals surface area contributed by atoms with Crippen molar-refractivity contribution in [2.24, 2.45) is 0 Å². The smallest absolute Gasteiger partial charge is 0.247 e. The van der Waals surface area contributed by atoms with Gasteiger partial charge in [0.15, 0.2) is 11.6 Å². The van der Waals surface area contributed by atoms with Crippen LogP contribution in [0.4, 0.5) is 10.1 Å². The fourth-order valence-electron chi connectivity index (χ4n) is 1.63. The van der Waals surface area contributed by atoms with Crippen LogP contribution in [-0.4, -0.2) is 14.6 Å². The number of nitrogens with zero attached hydrogens (tertiary/aromatic N) is 3. The highest BCUT2D eigenvalue weighted by Gasteiger charge is 2.09. The summed E-state index contributed by atoms with van der Waals surface area (Å²) in [7, 11) is 0. The van der Waals surface area contributed by atoms with Crippen molar-refractivity contribution in [2.45, 2.75) is 0 Å². The lowest BCUT2D eigenvalue weighted by Crippen LogP contribution is -1.97. The zero-order chi connectivity index (χ0) is 12.5. The Balaban J connectivity index is 2.03. The van der Waals surface area contributed by atoms with Crippen molar-refractivity contribution in [3.63, 3.8) is 0 Å². The van der Waals surface area contributed by atoms with Gasteiger partial charge in [-0.2, -0.15) is 10.1 Å².